The van der Waals surface area contributed by atoms with Crippen molar-refractivity contribution >= 4 is 0 Å². The van der Waals surface area contributed by atoms with Gasteiger partial charge in [0.15, 0.2) is 0 Å². The Balaban J connectivity index is 2.58. The van der Waals surface area contributed by atoms with Crippen molar-refractivity contribution in [2.75, 3.05) is 39.9 Å². The average Bonchev–Trinajstić information content (AvgIpc) is 2.25. The molecule has 0 amide bonds. The molecule has 1 fully saturated rings. The van der Waals surface area contributed by atoms with Gasteiger partial charge in [-0.1, -0.05) is 13.8 Å². The minimum absolute atomic E-state index is 0.109. The van der Waals surface area contributed by atoms with Gasteiger partial charge in [0.05, 0.1) is 6.54 Å². The van der Waals surface area contributed by atoms with Crippen LogP contribution >= 0.6 is 0 Å². The Bertz CT molecular complexity index is 263. The maximum absolute atomic E-state index is 12.4. The third-order valence-electron chi connectivity index (χ3n) is 3.49. The van der Waals surface area contributed by atoms with E-state index < -0.39 is 12.7 Å². The molecule has 6 heteroatoms. The lowest BCUT2D eigenvalue weighted by molar-refractivity contribution is -0.147. The van der Waals surface area contributed by atoms with E-state index >= 15 is 0 Å². The first-order valence-corrected chi connectivity index (χ1v) is 6.79. The van der Waals surface area contributed by atoms with E-state index in [1.807, 2.05) is 13.8 Å². The van der Waals surface area contributed by atoms with E-state index in [9.17, 15) is 13.2 Å². The highest BCUT2D eigenvalue weighted by Gasteiger charge is 2.37. The second-order valence-corrected chi connectivity index (χ2v) is 5.94. The Kier molecular flexibility index (Phi) is 6.08. The minimum atomic E-state index is -4.13. The van der Waals surface area contributed by atoms with Gasteiger partial charge >= 0.3 is 6.18 Å². The molecule has 0 bridgehead atoms. The lowest BCUT2D eigenvalue weighted by Gasteiger charge is -2.41. The van der Waals surface area contributed by atoms with Gasteiger partial charge in [0, 0.05) is 32.3 Å². The van der Waals surface area contributed by atoms with Crippen LogP contribution in [0.3, 0.4) is 0 Å². The first kappa shape index (κ1) is 16.7. The van der Waals surface area contributed by atoms with Crippen LogP contribution in [0.2, 0.25) is 0 Å². The molecule has 0 atom stereocenters. The maximum Gasteiger partial charge on any atom is 0.401 e. The summed E-state index contributed by atoms with van der Waals surface area (Å²) in [4.78, 5) is 1.38. The van der Waals surface area contributed by atoms with E-state index in [2.05, 4.69) is 5.32 Å². The molecule has 3 nitrogen and oxygen atoms in total. The highest BCUT2D eigenvalue weighted by Crippen LogP contribution is 2.31. The number of alkyl halides is 3. The number of nitrogens with one attached hydrogen (secondary N) is 1. The summed E-state index contributed by atoms with van der Waals surface area (Å²) in [7, 11) is 1.54. The van der Waals surface area contributed by atoms with Crippen LogP contribution in [0.15, 0.2) is 0 Å². The first-order chi connectivity index (χ1) is 8.72. The summed E-state index contributed by atoms with van der Waals surface area (Å²) in [5, 5.41) is 3.36. The summed E-state index contributed by atoms with van der Waals surface area (Å²) in [6.45, 7) is 5.72. The van der Waals surface area contributed by atoms with Gasteiger partial charge in [-0.2, -0.15) is 13.2 Å². The summed E-state index contributed by atoms with van der Waals surface area (Å²) in [6.07, 6.45) is -2.50. The Morgan fingerprint density at radius 2 is 1.84 bits per heavy atom. The zero-order valence-electron chi connectivity index (χ0n) is 12.0. The van der Waals surface area contributed by atoms with Gasteiger partial charge in [0.25, 0.3) is 0 Å². The van der Waals surface area contributed by atoms with Crippen molar-refractivity contribution in [2.45, 2.75) is 38.9 Å². The summed E-state index contributed by atoms with van der Waals surface area (Å²) in [5.41, 5.74) is -0.109. The van der Waals surface area contributed by atoms with Crippen LogP contribution in [0.4, 0.5) is 13.2 Å². The zero-order chi connectivity index (χ0) is 14.5. The Labute approximate surface area is 113 Å². The lowest BCUT2D eigenvalue weighted by atomic mass is 9.79. The quantitative estimate of drug-likeness (QED) is 0.809. The van der Waals surface area contributed by atoms with Crippen LogP contribution < -0.4 is 5.32 Å². The maximum atomic E-state index is 12.4. The second-order valence-electron chi connectivity index (χ2n) is 5.94. The monoisotopic (exact) mass is 282 g/mol. The van der Waals surface area contributed by atoms with Crippen molar-refractivity contribution in [3.63, 3.8) is 0 Å². The van der Waals surface area contributed by atoms with Crippen LogP contribution in [0.1, 0.15) is 26.7 Å². The average molecular weight is 282 g/mol. The van der Waals surface area contributed by atoms with E-state index in [1.165, 1.54) is 4.90 Å². The van der Waals surface area contributed by atoms with Gasteiger partial charge in [-0.25, -0.2) is 0 Å². The van der Waals surface area contributed by atoms with Crippen LogP contribution in [0.5, 0.6) is 0 Å². The molecule has 1 saturated heterocycles. The normalized spacial score (nSPS) is 20.2. The summed E-state index contributed by atoms with van der Waals surface area (Å²) < 4.78 is 42.6. The van der Waals surface area contributed by atoms with Crippen LogP contribution in [0, 0.1) is 5.41 Å². The Hall–Kier alpha value is -0.330. The molecule has 0 aromatic rings. The van der Waals surface area contributed by atoms with E-state index in [4.69, 9.17) is 4.74 Å². The number of hydrogen-bond donors (Lipinski definition) is 1. The number of nitrogens with zero attached hydrogens (tertiary/aromatic N) is 1. The fourth-order valence-corrected chi connectivity index (χ4v) is 2.55. The second kappa shape index (κ2) is 6.90. The van der Waals surface area contributed by atoms with Gasteiger partial charge < -0.3 is 10.1 Å². The first-order valence-electron chi connectivity index (χ1n) is 6.79. The van der Waals surface area contributed by atoms with Crippen molar-refractivity contribution < 1.29 is 17.9 Å². The third kappa shape index (κ3) is 6.58. The highest BCUT2D eigenvalue weighted by molar-refractivity contribution is 4.87. The molecule has 0 saturated carbocycles. The summed E-state index contributed by atoms with van der Waals surface area (Å²) in [5.74, 6) is 0. The smallest absolute Gasteiger partial charge is 0.381 e. The third-order valence-corrected chi connectivity index (χ3v) is 3.49. The molecular weight excluding hydrogens is 257 g/mol. The van der Waals surface area contributed by atoms with Gasteiger partial charge in [0.1, 0.15) is 0 Å². The molecule has 114 valence electrons. The van der Waals surface area contributed by atoms with Crippen molar-refractivity contribution in [1.29, 1.82) is 0 Å². The standard InChI is InChI=1S/C13H25F3N2O/c1-11(2)17-8-12(4-6-19-7-5-12)9-18(3)10-13(14,15)16/h11,17H,4-10H2,1-3H3. The van der Waals surface area contributed by atoms with E-state index in [0.717, 1.165) is 19.4 Å². The van der Waals surface area contributed by atoms with Crippen LogP contribution in [-0.4, -0.2) is 57.0 Å². The number of hydrogen-bond acceptors (Lipinski definition) is 3. The fourth-order valence-electron chi connectivity index (χ4n) is 2.55. The number of ether oxygens (including phenoxy) is 1. The fraction of sp³-hybridized carbons (Fsp3) is 1.00. The van der Waals surface area contributed by atoms with E-state index in [0.29, 0.717) is 25.8 Å². The molecule has 1 rings (SSSR count). The molecule has 1 heterocycles. The molecule has 0 aromatic carbocycles. The van der Waals surface area contributed by atoms with Crippen molar-refractivity contribution in [1.82, 2.24) is 10.2 Å². The molecule has 19 heavy (non-hydrogen) atoms. The van der Waals surface area contributed by atoms with E-state index in [-0.39, 0.29) is 5.41 Å². The molecule has 0 unspecified atom stereocenters. The number of rotatable bonds is 6. The Morgan fingerprint density at radius 1 is 1.26 bits per heavy atom. The SMILES string of the molecule is CC(C)NCC1(CN(C)CC(F)(F)F)CCOCC1. The molecular formula is C13H25F3N2O. The van der Waals surface area contributed by atoms with Crippen LogP contribution in [-0.2, 0) is 4.74 Å². The topological polar surface area (TPSA) is 24.5 Å². The Morgan fingerprint density at radius 3 is 2.32 bits per heavy atom. The van der Waals surface area contributed by atoms with Crippen molar-refractivity contribution in [3.8, 4) is 0 Å². The largest absolute Gasteiger partial charge is 0.401 e. The summed E-state index contributed by atoms with van der Waals surface area (Å²) in [6, 6.07) is 0.340. The van der Waals surface area contributed by atoms with Crippen molar-refractivity contribution in [2.24, 2.45) is 5.41 Å². The molecule has 0 aliphatic carbocycles. The predicted octanol–water partition coefficient (Wildman–Crippen LogP) is 2.28. The molecule has 1 aliphatic heterocycles. The zero-order valence-corrected chi connectivity index (χ0v) is 12.0. The number of halogens is 3. The van der Waals surface area contributed by atoms with E-state index in [1.54, 1.807) is 7.05 Å². The van der Waals surface area contributed by atoms with Gasteiger partial charge in [-0.3, -0.25) is 4.90 Å². The lowest BCUT2D eigenvalue weighted by Crippen LogP contribution is -2.49. The van der Waals surface area contributed by atoms with Crippen LogP contribution in [0.25, 0.3) is 0 Å². The van der Waals surface area contributed by atoms with Gasteiger partial charge in [-0.15, -0.1) is 0 Å². The minimum Gasteiger partial charge on any atom is -0.381 e. The molecule has 1 N–H and O–H groups in total. The molecule has 0 spiro atoms. The predicted molar refractivity (Wildman–Crippen MR) is 69.2 cm³/mol. The van der Waals surface area contributed by atoms with Gasteiger partial charge in [0.2, 0.25) is 0 Å². The van der Waals surface area contributed by atoms with Crippen molar-refractivity contribution in [3.05, 3.63) is 0 Å². The van der Waals surface area contributed by atoms with Gasteiger partial charge in [-0.05, 0) is 25.3 Å². The summed E-state index contributed by atoms with van der Waals surface area (Å²) >= 11 is 0. The highest BCUT2D eigenvalue weighted by atomic mass is 19.4. The molecule has 1 aliphatic rings. The molecule has 0 radical (unpaired) electrons. The molecule has 0 aromatic heterocycles.